The zero-order valence-corrected chi connectivity index (χ0v) is 24.2. The Labute approximate surface area is 230 Å². The highest BCUT2D eigenvalue weighted by molar-refractivity contribution is 7.94. The molecule has 1 atom stereocenters. The Kier molecular flexibility index (Phi) is 9.57. The van der Waals surface area contributed by atoms with E-state index in [1.165, 1.54) is 43.4 Å². The lowest BCUT2D eigenvalue weighted by molar-refractivity contribution is 0.305. The topological polar surface area (TPSA) is 85.9 Å². The Hall–Kier alpha value is -2.75. The highest BCUT2D eigenvalue weighted by Gasteiger charge is 2.23. The van der Waals surface area contributed by atoms with Crippen molar-refractivity contribution >= 4 is 27.0 Å². The molecule has 0 radical (unpaired) electrons. The first-order valence-corrected chi connectivity index (χ1v) is 15.4. The van der Waals surface area contributed by atoms with Crippen molar-refractivity contribution in [2.24, 2.45) is 5.92 Å². The second-order valence-electron chi connectivity index (χ2n) is 9.78. The third kappa shape index (κ3) is 6.62. The molecule has 0 bridgehead atoms. The molecular weight excluding hydrogens is 520 g/mol. The summed E-state index contributed by atoms with van der Waals surface area (Å²) in [5.74, 6) is 2.28. The van der Waals surface area contributed by atoms with Crippen LogP contribution in [0.2, 0.25) is 0 Å². The van der Waals surface area contributed by atoms with Gasteiger partial charge in [-0.25, -0.2) is 8.42 Å². The van der Waals surface area contributed by atoms with Crippen LogP contribution in [0.15, 0.2) is 52.7 Å². The maximum atomic E-state index is 13.4. The molecule has 0 spiro atoms. The van der Waals surface area contributed by atoms with Crippen LogP contribution in [-0.2, 0) is 16.6 Å². The van der Waals surface area contributed by atoms with Crippen molar-refractivity contribution in [3.05, 3.63) is 54.1 Å². The first-order chi connectivity index (χ1) is 18.4. The molecule has 4 rings (SSSR count). The highest BCUT2D eigenvalue weighted by Crippen LogP contribution is 2.46. The summed E-state index contributed by atoms with van der Waals surface area (Å²) in [6.45, 7) is 2.82. The summed E-state index contributed by atoms with van der Waals surface area (Å²) in [7, 11) is 0.864. The number of para-hydroxylation sites is 1. The molecule has 2 N–H and O–H groups in total. The first-order valence-electron chi connectivity index (χ1n) is 13.1. The molecule has 2 aromatic carbocycles. The van der Waals surface area contributed by atoms with Crippen LogP contribution in [0.4, 0.5) is 5.69 Å². The van der Waals surface area contributed by atoms with Crippen LogP contribution >= 0.6 is 11.3 Å². The first kappa shape index (κ1) is 28.3. The molecule has 1 aliphatic carbocycles. The summed E-state index contributed by atoms with van der Waals surface area (Å²) in [6, 6.07) is 15.0. The number of ether oxygens (including phenoxy) is 3. The fourth-order valence-electron chi connectivity index (χ4n) is 5.16. The molecule has 1 aliphatic rings. The van der Waals surface area contributed by atoms with Gasteiger partial charge in [0.1, 0.15) is 4.21 Å². The second kappa shape index (κ2) is 12.9. The maximum absolute atomic E-state index is 13.4. The van der Waals surface area contributed by atoms with E-state index in [0.29, 0.717) is 35.5 Å². The predicted octanol–water partition coefficient (Wildman–Crippen LogP) is 6.69. The van der Waals surface area contributed by atoms with Crippen molar-refractivity contribution in [3.63, 3.8) is 0 Å². The van der Waals surface area contributed by atoms with Gasteiger partial charge in [-0.2, -0.15) is 0 Å². The van der Waals surface area contributed by atoms with Gasteiger partial charge < -0.3 is 19.5 Å². The summed E-state index contributed by atoms with van der Waals surface area (Å²) in [5, 5.41) is 3.60. The van der Waals surface area contributed by atoms with Crippen molar-refractivity contribution in [1.29, 1.82) is 0 Å². The fraction of sp³-hybridized carbons (Fsp3) is 0.448. The quantitative estimate of drug-likeness (QED) is 0.258. The van der Waals surface area contributed by atoms with E-state index in [0.717, 1.165) is 28.3 Å². The lowest BCUT2D eigenvalue weighted by Crippen LogP contribution is -2.29. The summed E-state index contributed by atoms with van der Waals surface area (Å²) in [6.07, 6.45) is 7.84. The zero-order chi connectivity index (χ0) is 27.1. The summed E-state index contributed by atoms with van der Waals surface area (Å²) in [5.41, 5.74) is 2.24. The molecule has 0 saturated heterocycles. The number of anilines is 1. The molecule has 1 saturated carbocycles. The van der Waals surface area contributed by atoms with Gasteiger partial charge in [0.2, 0.25) is 5.75 Å². The Morgan fingerprint density at radius 1 is 0.921 bits per heavy atom. The van der Waals surface area contributed by atoms with Gasteiger partial charge in [0.15, 0.2) is 11.5 Å². The molecule has 0 amide bonds. The lowest BCUT2D eigenvalue weighted by Gasteiger charge is -2.25. The van der Waals surface area contributed by atoms with Crippen molar-refractivity contribution in [3.8, 4) is 27.7 Å². The van der Waals surface area contributed by atoms with E-state index in [9.17, 15) is 8.42 Å². The van der Waals surface area contributed by atoms with Crippen molar-refractivity contribution in [1.82, 2.24) is 5.32 Å². The Bertz CT molecular complexity index is 1320. The normalized spacial score (nSPS) is 15.2. The van der Waals surface area contributed by atoms with Crippen LogP contribution in [0.5, 0.6) is 17.2 Å². The van der Waals surface area contributed by atoms with Gasteiger partial charge >= 0.3 is 0 Å². The molecule has 0 unspecified atom stereocenters. The number of sulfonamides is 1. The standard InChI is InChI=1S/C29H38N2O5S2/c1-20(18-21-10-6-5-7-11-21)30-19-22-12-8-9-13-24(22)31-38(32,33)27-17-16-26(37-27)23-14-15-25(34-2)29(36-4)28(23)35-3/h8-9,12-17,20-21,30-31H,5-7,10-11,18-19H2,1-4H3/t20-/m0/s1. The van der Waals surface area contributed by atoms with E-state index in [1.54, 1.807) is 39.5 Å². The predicted molar refractivity (Wildman–Crippen MR) is 154 cm³/mol. The minimum atomic E-state index is -3.79. The number of hydrogen-bond donors (Lipinski definition) is 2. The minimum Gasteiger partial charge on any atom is -0.493 e. The molecule has 9 heteroatoms. The van der Waals surface area contributed by atoms with Gasteiger partial charge in [-0.15, -0.1) is 11.3 Å². The number of benzene rings is 2. The van der Waals surface area contributed by atoms with Crippen LogP contribution < -0.4 is 24.2 Å². The number of hydrogen-bond acceptors (Lipinski definition) is 7. The van der Waals surface area contributed by atoms with Crippen LogP contribution in [-0.4, -0.2) is 35.8 Å². The van der Waals surface area contributed by atoms with E-state index in [4.69, 9.17) is 14.2 Å². The van der Waals surface area contributed by atoms with Crippen molar-refractivity contribution < 1.29 is 22.6 Å². The van der Waals surface area contributed by atoms with Gasteiger partial charge in [-0.05, 0) is 55.2 Å². The Morgan fingerprint density at radius 3 is 2.37 bits per heavy atom. The molecule has 1 fully saturated rings. The highest BCUT2D eigenvalue weighted by atomic mass is 32.2. The van der Waals surface area contributed by atoms with E-state index in [1.807, 2.05) is 30.3 Å². The molecule has 1 aromatic heterocycles. The number of thiophene rings is 1. The average Bonchev–Trinajstić information content (AvgIpc) is 3.43. The Morgan fingerprint density at radius 2 is 1.66 bits per heavy atom. The van der Waals surface area contributed by atoms with Crippen LogP contribution in [0.25, 0.3) is 10.4 Å². The third-order valence-corrected chi connectivity index (χ3v) is 10.1. The number of nitrogens with one attached hydrogen (secondary N) is 2. The summed E-state index contributed by atoms with van der Waals surface area (Å²) < 4.78 is 46.2. The summed E-state index contributed by atoms with van der Waals surface area (Å²) in [4.78, 5) is 0.745. The van der Waals surface area contributed by atoms with E-state index >= 15 is 0 Å². The second-order valence-corrected chi connectivity index (χ2v) is 12.8. The molecular formula is C29H38N2O5S2. The third-order valence-electron chi connectivity index (χ3n) is 7.13. The molecule has 7 nitrogen and oxygen atoms in total. The van der Waals surface area contributed by atoms with Gasteiger partial charge in [-0.1, -0.05) is 50.3 Å². The average molecular weight is 559 g/mol. The maximum Gasteiger partial charge on any atom is 0.271 e. The molecule has 3 aromatic rings. The zero-order valence-electron chi connectivity index (χ0n) is 22.6. The monoisotopic (exact) mass is 558 g/mol. The van der Waals surface area contributed by atoms with Crippen LogP contribution in [0.1, 0.15) is 51.0 Å². The minimum absolute atomic E-state index is 0.220. The van der Waals surface area contributed by atoms with Gasteiger partial charge in [-0.3, -0.25) is 4.72 Å². The molecule has 0 aliphatic heterocycles. The van der Waals surface area contributed by atoms with Crippen LogP contribution in [0.3, 0.4) is 0 Å². The SMILES string of the molecule is COc1ccc(-c2ccc(S(=O)(=O)Nc3ccccc3CN[C@@H](C)CC3CCCCC3)s2)c(OC)c1OC. The molecule has 38 heavy (non-hydrogen) atoms. The number of rotatable bonds is 12. The van der Waals surface area contributed by atoms with E-state index in [2.05, 4.69) is 17.0 Å². The lowest BCUT2D eigenvalue weighted by atomic mass is 9.85. The van der Waals surface area contributed by atoms with Crippen molar-refractivity contribution in [2.45, 2.75) is 62.2 Å². The largest absolute Gasteiger partial charge is 0.493 e. The van der Waals surface area contributed by atoms with Crippen molar-refractivity contribution in [2.75, 3.05) is 26.1 Å². The summed E-state index contributed by atoms with van der Waals surface area (Å²) >= 11 is 1.18. The smallest absolute Gasteiger partial charge is 0.271 e. The Balaban J connectivity index is 1.49. The van der Waals surface area contributed by atoms with Gasteiger partial charge in [0.25, 0.3) is 10.0 Å². The molecule has 206 valence electrons. The van der Waals surface area contributed by atoms with E-state index < -0.39 is 10.0 Å². The van der Waals surface area contributed by atoms with Crippen LogP contribution in [0, 0.1) is 5.92 Å². The fourth-order valence-corrected chi connectivity index (χ4v) is 7.59. The van der Waals surface area contributed by atoms with Gasteiger partial charge in [0, 0.05) is 23.0 Å². The van der Waals surface area contributed by atoms with E-state index in [-0.39, 0.29) is 4.21 Å². The van der Waals surface area contributed by atoms with Gasteiger partial charge in [0.05, 0.1) is 27.0 Å². The number of methoxy groups -OCH3 is 3. The molecule has 1 heterocycles.